The standard InChI is InChI=1S/C14H13NO3/c1-17-14(16)11-6-10-5-9-3-2-4-18-13(9)7-12(10)15-8-11/h5-8H,2-4H2,1H3. The van der Waals surface area contributed by atoms with Gasteiger partial charge >= 0.3 is 5.97 Å². The molecule has 0 atom stereocenters. The second-order valence-corrected chi connectivity index (χ2v) is 4.32. The summed E-state index contributed by atoms with van der Waals surface area (Å²) in [6.07, 6.45) is 3.57. The van der Waals surface area contributed by atoms with Crippen molar-refractivity contribution in [2.75, 3.05) is 13.7 Å². The Morgan fingerprint density at radius 3 is 3.11 bits per heavy atom. The summed E-state index contributed by atoms with van der Waals surface area (Å²) in [4.78, 5) is 15.7. The van der Waals surface area contributed by atoms with E-state index in [1.54, 1.807) is 0 Å². The number of aromatic nitrogens is 1. The fourth-order valence-corrected chi connectivity index (χ4v) is 2.21. The van der Waals surface area contributed by atoms with Crippen LogP contribution in [0.15, 0.2) is 24.4 Å². The third kappa shape index (κ3) is 1.79. The Labute approximate surface area is 105 Å². The van der Waals surface area contributed by atoms with Gasteiger partial charge in [0, 0.05) is 17.6 Å². The maximum absolute atomic E-state index is 11.5. The number of carbonyl (C=O) groups excluding carboxylic acids is 1. The number of methoxy groups -OCH3 is 1. The summed E-state index contributed by atoms with van der Waals surface area (Å²) in [6, 6.07) is 5.79. The van der Waals surface area contributed by atoms with E-state index in [1.165, 1.54) is 18.9 Å². The van der Waals surface area contributed by atoms with Gasteiger partial charge in [0.1, 0.15) is 5.75 Å². The number of carbonyl (C=O) groups is 1. The largest absolute Gasteiger partial charge is 0.493 e. The van der Waals surface area contributed by atoms with Crippen molar-refractivity contribution in [2.45, 2.75) is 12.8 Å². The Bertz CT molecular complexity index is 622. The van der Waals surface area contributed by atoms with Gasteiger partial charge in [-0.25, -0.2) is 4.79 Å². The minimum absolute atomic E-state index is 0.363. The summed E-state index contributed by atoms with van der Waals surface area (Å²) < 4.78 is 10.3. The van der Waals surface area contributed by atoms with E-state index in [2.05, 4.69) is 4.98 Å². The van der Waals surface area contributed by atoms with Crippen LogP contribution in [-0.2, 0) is 11.2 Å². The molecule has 0 amide bonds. The van der Waals surface area contributed by atoms with Gasteiger partial charge in [-0.1, -0.05) is 0 Å². The van der Waals surface area contributed by atoms with Crippen LogP contribution in [0, 0.1) is 0 Å². The number of nitrogens with zero attached hydrogens (tertiary/aromatic N) is 1. The third-order valence-electron chi connectivity index (χ3n) is 3.13. The van der Waals surface area contributed by atoms with Crippen LogP contribution in [0.3, 0.4) is 0 Å². The third-order valence-corrected chi connectivity index (χ3v) is 3.13. The quantitative estimate of drug-likeness (QED) is 0.721. The van der Waals surface area contributed by atoms with Gasteiger partial charge in [-0.05, 0) is 30.5 Å². The maximum Gasteiger partial charge on any atom is 0.339 e. The SMILES string of the molecule is COC(=O)c1cnc2cc3c(cc2c1)CCCO3. The molecule has 0 radical (unpaired) electrons. The summed E-state index contributed by atoms with van der Waals surface area (Å²) in [5, 5.41) is 0.946. The van der Waals surface area contributed by atoms with Gasteiger partial charge in [0.2, 0.25) is 0 Å². The number of hydrogen-bond acceptors (Lipinski definition) is 4. The zero-order valence-electron chi connectivity index (χ0n) is 10.1. The highest BCUT2D eigenvalue weighted by Gasteiger charge is 2.13. The summed E-state index contributed by atoms with van der Waals surface area (Å²) in [7, 11) is 1.37. The Kier molecular flexibility index (Phi) is 2.63. The first-order valence-corrected chi connectivity index (χ1v) is 5.92. The molecule has 0 aliphatic carbocycles. The van der Waals surface area contributed by atoms with E-state index in [-0.39, 0.29) is 5.97 Å². The van der Waals surface area contributed by atoms with Crippen LogP contribution in [0.25, 0.3) is 10.9 Å². The molecule has 1 aromatic heterocycles. The molecule has 0 spiro atoms. The number of fused-ring (bicyclic) bond motifs is 2. The molecule has 0 saturated carbocycles. The second-order valence-electron chi connectivity index (χ2n) is 4.32. The lowest BCUT2D eigenvalue weighted by Gasteiger charge is -2.17. The summed E-state index contributed by atoms with van der Waals surface area (Å²) >= 11 is 0. The predicted octanol–water partition coefficient (Wildman–Crippen LogP) is 2.35. The van der Waals surface area contributed by atoms with E-state index in [1.807, 2.05) is 18.2 Å². The first-order valence-electron chi connectivity index (χ1n) is 5.92. The molecule has 0 N–H and O–H groups in total. The van der Waals surface area contributed by atoms with E-state index in [0.717, 1.165) is 36.1 Å². The van der Waals surface area contributed by atoms with Crippen LogP contribution in [0.1, 0.15) is 22.3 Å². The molecule has 4 nitrogen and oxygen atoms in total. The molecular weight excluding hydrogens is 230 g/mol. The number of benzene rings is 1. The van der Waals surface area contributed by atoms with Gasteiger partial charge in [0.15, 0.2) is 0 Å². The number of ether oxygens (including phenoxy) is 2. The van der Waals surface area contributed by atoms with Gasteiger partial charge in [0.05, 0.1) is 24.8 Å². The molecule has 1 aliphatic heterocycles. The fourth-order valence-electron chi connectivity index (χ4n) is 2.21. The van der Waals surface area contributed by atoms with Crippen molar-refractivity contribution < 1.29 is 14.3 Å². The van der Waals surface area contributed by atoms with E-state index >= 15 is 0 Å². The van der Waals surface area contributed by atoms with Crippen molar-refractivity contribution in [2.24, 2.45) is 0 Å². The Hall–Kier alpha value is -2.10. The maximum atomic E-state index is 11.5. The number of hydrogen-bond donors (Lipinski definition) is 0. The minimum atomic E-state index is -0.363. The topological polar surface area (TPSA) is 48.4 Å². The number of aryl methyl sites for hydroxylation is 1. The Morgan fingerprint density at radius 1 is 1.39 bits per heavy atom. The number of rotatable bonds is 1. The highest BCUT2D eigenvalue weighted by Crippen LogP contribution is 2.29. The average Bonchev–Trinajstić information content (AvgIpc) is 2.43. The molecule has 0 saturated heterocycles. The fraction of sp³-hybridized carbons (Fsp3) is 0.286. The molecule has 1 aliphatic rings. The van der Waals surface area contributed by atoms with Crippen molar-refractivity contribution >= 4 is 16.9 Å². The zero-order valence-corrected chi connectivity index (χ0v) is 10.1. The molecule has 2 heterocycles. The van der Waals surface area contributed by atoms with Crippen molar-refractivity contribution in [3.63, 3.8) is 0 Å². The van der Waals surface area contributed by atoms with E-state index in [4.69, 9.17) is 9.47 Å². The van der Waals surface area contributed by atoms with E-state index in [0.29, 0.717) is 5.56 Å². The first kappa shape index (κ1) is 11.0. The molecule has 0 fully saturated rings. The van der Waals surface area contributed by atoms with Crippen LogP contribution in [0.4, 0.5) is 0 Å². The van der Waals surface area contributed by atoms with Gasteiger partial charge in [-0.3, -0.25) is 4.98 Å². The molecule has 3 rings (SSSR count). The molecule has 0 bridgehead atoms. The predicted molar refractivity (Wildman–Crippen MR) is 66.9 cm³/mol. The monoisotopic (exact) mass is 243 g/mol. The first-order chi connectivity index (χ1) is 8.78. The van der Waals surface area contributed by atoms with E-state index < -0.39 is 0 Å². The summed E-state index contributed by atoms with van der Waals surface area (Å²) in [5.74, 6) is 0.547. The van der Waals surface area contributed by atoms with Crippen LogP contribution in [-0.4, -0.2) is 24.7 Å². The molecule has 2 aromatic rings. The van der Waals surface area contributed by atoms with Crippen molar-refractivity contribution in [1.29, 1.82) is 0 Å². The summed E-state index contributed by atoms with van der Waals surface area (Å²) in [5.41, 5.74) is 2.49. The van der Waals surface area contributed by atoms with Crippen LogP contribution >= 0.6 is 0 Å². The minimum Gasteiger partial charge on any atom is -0.493 e. The van der Waals surface area contributed by atoms with Gasteiger partial charge in [-0.15, -0.1) is 0 Å². The van der Waals surface area contributed by atoms with Crippen molar-refractivity contribution in [3.8, 4) is 5.75 Å². The van der Waals surface area contributed by atoms with Crippen molar-refractivity contribution in [1.82, 2.24) is 4.98 Å². The lowest BCUT2D eigenvalue weighted by Crippen LogP contribution is -2.08. The number of pyridine rings is 1. The average molecular weight is 243 g/mol. The van der Waals surface area contributed by atoms with Gasteiger partial charge in [-0.2, -0.15) is 0 Å². The smallest absolute Gasteiger partial charge is 0.339 e. The lowest BCUT2D eigenvalue weighted by atomic mass is 10.0. The van der Waals surface area contributed by atoms with Crippen LogP contribution in [0.5, 0.6) is 5.75 Å². The van der Waals surface area contributed by atoms with E-state index in [9.17, 15) is 4.79 Å². The normalized spacial score (nSPS) is 13.8. The van der Waals surface area contributed by atoms with Gasteiger partial charge in [0.25, 0.3) is 0 Å². The van der Waals surface area contributed by atoms with Crippen LogP contribution < -0.4 is 4.74 Å². The molecule has 0 unspecified atom stereocenters. The van der Waals surface area contributed by atoms with Crippen molar-refractivity contribution in [3.05, 3.63) is 35.5 Å². The lowest BCUT2D eigenvalue weighted by molar-refractivity contribution is 0.0600. The highest BCUT2D eigenvalue weighted by atomic mass is 16.5. The Balaban J connectivity index is 2.13. The summed E-state index contributed by atoms with van der Waals surface area (Å²) in [6.45, 7) is 0.763. The van der Waals surface area contributed by atoms with Crippen LogP contribution in [0.2, 0.25) is 0 Å². The number of esters is 1. The molecule has 1 aromatic carbocycles. The second kappa shape index (κ2) is 4.29. The Morgan fingerprint density at radius 2 is 2.28 bits per heavy atom. The zero-order chi connectivity index (χ0) is 12.5. The molecule has 18 heavy (non-hydrogen) atoms. The molecular formula is C14H13NO3. The molecule has 4 heteroatoms. The highest BCUT2D eigenvalue weighted by molar-refractivity contribution is 5.94. The van der Waals surface area contributed by atoms with Gasteiger partial charge < -0.3 is 9.47 Å². The molecule has 92 valence electrons.